The maximum absolute atomic E-state index is 13.0. The zero-order chi connectivity index (χ0) is 23.4. The summed E-state index contributed by atoms with van der Waals surface area (Å²) in [6.07, 6.45) is 2.24. The minimum Gasteiger partial charge on any atom is -0.494 e. The van der Waals surface area contributed by atoms with Crippen LogP contribution in [0.3, 0.4) is 0 Å². The Morgan fingerprint density at radius 1 is 0.939 bits per heavy atom. The molecule has 1 aliphatic rings. The Bertz CT molecular complexity index is 1230. The topological polar surface area (TPSA) is 75.7 Å². The Balaban J connectivity index is 1.56. The van der Waals surface area contributed by atoms with Gasteiger partial charge in [-0.2, -0.15) is 0 Å². The highest BCUT2D eigenvalue weighted by Crippen LogP contribution is 2.25. The summed E-state index contributed by atoms with van der Waals surface area (Å²) in [6, 6.07) is 21.4. The maximum Gasteiger partial charge on any atom is 0.335 e. The van der Waals surface area contributed by atoms with Crippen molar-refractivity contribution in [2.45, 2.75) is 13.3 Å². The molecule has 0 atom stereocenters. The standard InChI is InChI=1S/C26H21BrN2O4/c1-2-33-21-13-11-20(12-14-21)29-25(31)22(24(30)28-26(29)32)16-18-9-7-17(8-10-18)15-19-5-3-4-6-23(19)27/h3-14,16H,2,15H2,1H3,(H,28,30,32)/b22-16+. The van der Waals surface area contributed by atoms with E-state index in [0.717, 1.165) is 26.9 Å². The van der Waals surface area contributed by atoms with Crippen LogP contribution in [-0.4, -0.2) is 24.5 Å². The van der Waals surface area contributed by atoms with Crippen molar-refractivity contribution in [1.82, 2.24) is 5.32 Å². The van der Waals surface area contributed by atoms with Crippen LogP contribution in [0.4, 0.5) is 10.5 Å². The number of nitrogens with one attached hydrogen (secondary N) is 1. The Labute approximate surface area is 200 Å². The molecule has 1 saturated heterocycles. The van der Waals surface area contributed by atoms with Gasteiger partial charge < -0.3 is 4.74 Å². The average Bonchev–Trinajstić information content (AvgIpc) is 2.80. The molecule has 0 bridgehead atoms. The molecule has 1 fully saturated rings. The largest absolute Gasteiger partial charge is 0.494 e. The van der Waals surface area contributed by atoms with Crippen molar-refractivity contribution in [3.63, 3.8) is 0 Å². The number of benzene rings is 3. The van der Waals surface area contributed by atoms with Gasteiger partial charge in [0, 0.05) is 4.47 Å². The van der Waals surface area contributed by atoms with Crippen molar-refractivity contribution >= 4 is 45.5 Å². The van der Waals surface area contributed by atoms with E-state index in [9.17, 15) is 14.4 Å². The van der Waals surface area contributed by atoms with Gasteiger partial charge in [0.2, 0.25) is 0 Å². The molecule has 1 heterocycles. The van der Waals surface area contributed by atoms with Crippen molar-refractivity contribution in [1.29, 1.82) is 0 Å². The molecule has 0 aliphatic carbocycles. The number of barbiturate groups is 1. The summed E-state index contributed by atoms with van der Waals surface area (Å²) >= 11 is 3.56. The first-order valence-corrected chi connectivity index (χ1v) is 11.2. The molecule has 33 heavy (non-hydrogen) atoms. The van der Waals surface area contributed by atoms with Gasteiger partial charge in [0.05, 0.1) is 12.3 Å². The van der Waals surface area contributed by atoms with E-state index in [-0.39, 0.29) is 5.57 Å². The van der Waals surface area contributed by atoms with E-state index in [1.807, 2.05) is 49.4 Å². The summed E-state index contributed by atoms with van der Waals surface area (Å²) < 4.78 is 6.44. The third-order valence-electron chi connectivity index (χ3n) is 5.15. The van der Waals surface area contributed by atoms with E-state index < -0.39 is 17.8 Å². The van der Waals surface area contributed by atoms with Crippen molar-refractivity contribution in [2.75, 3.05) is 11.5 Å². The lowest BCUT2D eigenvalue weighted by atomic mass is 10.0. The summed E-state index contributed by atoms with van der Waals surface area (Å²) in [5.41, 5.74) is 3.18. The third-order valence-corrected chi connectivity index (χ3v) is 5.92. The fourth-order valence-electron chi connectivity index (χ4n) is 3.51. The van der Waals surface area contributed by atoms with Crippen LogP contribution in [0.5, 0.6) is 5.75 Å². The number of carbonyl (C=O) groups is 3. The minimum absolute atomic E-state index is 0.109. The Morgan fingerprint density at radius 2 is 1.64 bits per heavy atom. The van der Waals surface area contributed by atoms with Crippen LogP contribution in [0, 0.1) is 0 Å². The number of nitrogens with zero attached hydrogens (tertiary/aromatic N) is 1. The summed E-state index contributed by atoms with van der Waals surface area (Å²) in [5, 5.41) is 2.24. The number of imide groups is 2. The van der Waals surface area contributed by atoms with Crippen LogP contribution >= 0.6 is 15.9 Å². The molecule has 6 nitrogen and oxygen atoms in total. The van der Waals surface area contributed by atoms with E-state index in [1.165, 1.54) is 6.08 Å². The molecule has 0 saturated carbocycles. The lowest BCUT2D eigenvalue weighted by molar-refractivity contribution is -0.122. The van der Waals surface area contributed by atoms with E-state index in [4.69, 9.17) is 4.74 Å². The molecule has 4 rings (SSSR count). The first-order valence-electron chi connectivity index (χ1n) is 10.4. The monoisotopic (exact) mass is 504 g/mol. The van der Waals surface area contributed by atoms with Gasteiger partial charge in [-0.05, 0) is 66.4 Å². The molecular formula is C26H21BrN2O4. The number of amides is 4. The number of hydrogen-bond donors (Lipinski definition) is 1. The maximum atomic E-state index is 13.0. The predicted molar refractivity (Wildman–Crippen MR) is 130 cm³/mol. The Kier molecular flexibility index (Phi) is 6.70. The number of carbonyl (C=O) groups excluding carboxylic acids is 3. The molecule has 7 heteroatoms. The third kappa shape index (κ3) is 5.04. The van der Waals surface area contributed by atoms with E-state index in [2.05, 4.69) is 27.3 Å². The zero-order valence-electron chi connectivity index (χ0n) is 17.9. The molecule has 1 aliphatic heterocycles. The fraction of sp³-hybridized carbons (Fsp3) is 0.115. The van der Waals surface area contributed by atoms with Crippen LogP contribution < -0.4 is 15.0 Å². The summed E-state index contributed by atoms with van der Waals surface area (Å²) in [7, 11) is 0. The highest BCUT2D eigenvalue weighted by molar-refractivity contribution is 9.10. The van der Waals surface area contributed by atoms with Gasteiger partial charge in [-0.3, -0.25) is 14.9 Å². The quantitative estimate of drug-likeness (QED) is 0.374. The van der Waals surface area contributed by atoms with Crippen molar-refractivity contribution in [2.24, 2.45) is 0 Å². The number of ether oxygens (including phenoxy) is 1. The average molecular weight is 505 g/mol. The summed E-state index contributed by atoms with van der Waals surface area (Å²) in [5.74, 6) is -0.768. The molecule has 4 amide bonds. The molecule has 166 valence electrons. The van der Waals surface area contributed by atoms with Crippen molar-refractivity contribution < 1.29 is 19.1 Å². The normalized spacial score (nSPS) is 15.0. The Hall–Kier alpha value is -3.71. The molecule has 3 aromatic rings. The van der Waals surface area contributed by atoms with Crippen LogP contribution in [0.2, 0.25) is 0 Å². The van der Waals surface area contributed by atoms with E-state index in [0.29, 0.717) is 23.6 Å². The van der Waals surface area contributed by atoms with Gasteiger partial charge in [-0.25, -0.2) is 9.69 Å². The van der Waals surface area contributed by atoms with Crippen LogP contribution in [0.15, 0.2) is 82.8 Å². The van der Waals surface area contributed by atoms with E-state index >= 15 is 0 Å². The van der Waals surface area contributed by atoms with Crippen molar-refractivity contribution in [3.8, 4) is 5.75 Å². The molecule has 0 radical (unpaired) electrons. The van der Waals surface area contributed by atoms with Gasteiger partial charge in [0.15, 0.2) is 0 Å². The number of urea groups is 1. The first-order chi connectivity index (χ1) is 16.0. The molecular weight excluding hydrogens is 484 g/mol. The number of halogens is 1. The lowest BCUT2D eigenvalue weighted by Gasteiger charge is -2.26. The molecule has 1 N–H and O–H groups in total. The number of anilines is 1. The SMILES string of the molecule is CCOc1ccc(N2C(=O)NC(=O)/C(=C\c3ccc(Cc4ccccc4Br)cc3)C2=O)cc1. The predicted octanol–water partition coefficient (Wildman–Crippen LogP) is 5.11. The summed E-state index contributed by atoms with van der Waals surface area (Å²) in [4.78, 5) is 38.8. The highest BCUT2D eigenvalue weighted by atomic mass is 79.9. The second-order valence-electron chi connectivity index (χ2n) is 7.39. The highest BCUT2D eigenvalue weighted by Gasteiger charge is 2.36. The van der Waals surface area contributed by atoms with Gasteiger partial charge in [-0.15, -0.1) is 0 Å². The van der Waals surface area contributed by atoms with Gasteiger partial charge in [0.25, 0.3) is 11.8 Å². The van der Waals surface area contributed by atoms with Gasteiger partial charge >= 0.3 is 6.03 Å². The summed E-state index contributed by atoms with van der Waals surface area (Å²) in [6.45, 7) is 2.37. The van der Waals surface area contributed by atoms with Gasteiger partial charge in [0.1, 0.15) is 11.3 Å². The molecule has 0 unspecified atom stereocenters. The van der Waals surface area contributed by atoms with Crippen LogP contribution in [0.25, 0.3) is 6.08 Å². The molecule has 0 aromatic heterocycles. The van der Waals surface area contributed by atoms with Crippen LogP contribution in [-0.2, 0) is 16.0 Å². The number of rotatable bonds is 6. The minimum atomic E-state index is -0.782. The second-order valence-corrected chi connectivity index (χ2v) is 8.25. The fourth-order valence-corrected chi connectivity index (χ4v) is 3.94. The lowest BCUT2D eigenvalue weighted by Crippen LogP contribution is -2.54. The first kappa shape index (κ1) is 22.5. The number of hydrogen-bond acceptors (Lipinski definition) is 4. The van der Waals surface area contributed by atoms with Gasteiger partial charge in [-0.1, -0.05) is 58.4 Å². The zero-order valence-corrected chi connectivity index (χ0v) is 19.5. The molecule has 0 spiro atoms. The van der Waals surface area contributed by atoms with Crippen molar-refractivity contribution in [3.05, 3.63) is 99.5 Å². The second kappa shape index (κ2) is 9.83. The van der Waals surface area contributed by atoms with Crippen LogP contribution in [0.1, 0.15) is 23.6 Å². The van der Waals surface area contributed by atoms with E-state index in [1.54, 1.807) is 24.3 Å². The Morgan fingerprint density at radius 3 is 2.30 bits per heavy atom. The smallest absolute Gasteiger partial charge is 0.335 e. The molecule has 3 aromatic carbocycles.